The SMILES string of the molecule is [C-]#[N+]C1(NS(=O)(=O)c2cc(C3=CC4CCCC(C3)N4C(=O)C(C)C)c3c(c2)c(-c2nnc(C(F)F)s2)nn3C)CC1. The highest BCUT2D eigenvalue weighted by molar-refractivity contribution is 7.89. The average molecular weight is 602 g/mol. The van der Waals surface area contributed by atoms with Gasteiger partial charge in [-0.1, -0.05) is 31.3 Å². The van der Waals surface area contributed by atoms with E-state index < -0.39 is 27.1 Å². The first-order chi connectivity index (χ1) is 19.4. The maximum absolute atomic E-state index is 13.6. The summed E-state index contributed by atoms with van der Waals surface area (Å²) in [6.45, 7) is 11.2. The number of aryl methyl sites for hydroxylation is 1. The first-order valence-electron chi connectivity index (χ1n) is 13.5. The van der Waals surface area contributed by atoms with Gasteiger partial charge in [-0.15, -0.1) is 14.9 Å². The smallest absolute Gasteiger partial charge is 0.299 e. The lowest BCUT2D eigenvalue weighted by Crippen LogP contribution is -2.52. The summed E-state index contributed by atoms with van der Waals surface area (Å²) in [7, 11) is -2.40. The van der Waals surface area contributed by atoms with Crippen LogP contribution in [0.4, 0.5) is 8.78 Å². The van der Waals surface area contributed by atoms with Gasteiger partial charge in [-0.2, -0.15) is 5.10 Å². The molecule has 2 fully saturated rings. The molecule has 2 bridgehead atoms. The number of hydrogen-bond donors (Lipinski definition) is 1. The second-order valence-corrected chi connectivity index (χ2v) is 14.0. The molecule has 4 heterocycles. The molecule has 1 saturated heterocycles. The van der Waals surface area contributed by atoms with E-state index in [4.69, 9.17) is 6.57 Å². The molecule has 3 aliphatic rings. The van der Waals surface area contributed by atoms with Crippen molar-refractivity contribution in [2.45, 2.75) is 81.4 Å². The maximum Gasteiger partial charge on any atom is 0.299 e. The van der Waals surface area contributed by atoms with Crippen molar-refractivity contribution in [1.82, 2.24) is 29.6 Å². The molecule has 41 heavy (non-hydrogen) atoms. The van der Waals surface area contributed by atoms with Crippen LogP contribution in [0.3, 0.4) is 0 Å². The molecule has 1 aliphatic carbocycles. The minimum absolute atomic E-state index is 0.0154. The third kappa shape index (κ3) is 4.83. The fourth-order valence-electron chi connectivity index (χ4n) is 5.90. The molecule has 14 heteroatoms. The fraction of sp³-hybridized carbons (Fsp3) is 0.519. The number of nitrogens with zero attached hydrogens (tertiary/aromatic N) is 6. The number of carbonyl (C=O) groups is 1. The highest BCUT2D eigenvalue weighted by Gasteiger charge is 2.54. The van der Waals surface area contributed by atoms with Crippen molar-refractivity contribution in [2.24, 2.45) is 13.0 Å². The van der Waals surface area contributed by atoms with Crippen LogP contribution in [-0.4, -0.2) is 56.9 Å². The van der Waals surface area contributed by atoms with Crippen LogP contribution in [0, 0.1) is 12.5 Å². The summed E-state index contributed by atoms with van der Waals surface area (Å²) in [6.07, 6.45) is 3.32. The fourth-order valence-corrected chi connectivity index (χ4v) is 8.01. The van der Waals surface area contributed by atoms with Crippen molar-refractivity contribution in [1.29, 1.82) is 0 Å². The van der Waals surface area contributed by atoms with Crippen LogP contribution in [-0.2, 0) is 21.9 Å². The minimum Gasteiger partial charge on any atom is -0.333 e. The molecule has 6 rings (SSSR count). The van der Waals surface area contributed by atoms with Gasteiger partial charge in [0.15, 0.2) is 10.0 Å². The van der Waals surface area contributed by atoms with Crippen LogP contribution in [0.15, 0.2) is 23.1 Å². The number of sulfonamides is 1. The predicted molar refractivity (Wildman–Crippen MR) is 149 cm³/mol. The Morgan fingerprint density at radius 2 is 2.00 bits per heavy atom. The van der Waals surface area contributed by atoms with E-state index in [-0.39, 0.29) is 39.5 Å². The normalized spacial score (nSPS) is 21.8. The molecule has 10 nitrogen and oxygen atoms in total. The van der Waals surface area contributed by atoms with Gasteiger partial charge in [-0.05, 0) is 43.4 Å². The second-order valence-electron chi connectivity index (χ2n) is 11.3. The van der Waals surface area contributed by atoms with E-state index >= 15 is 0 Å². The number of piperidine rings is 1. The molecule has 2 aromatic heterocycles. The van der Waals surface area contributed by atoms with Crippen molar-refractivity contribution in [3.8, 4) is 10.7 Å². The van der Waals surface area contributed by atoms with Gasteiger partial charge in [0.1, 0.15) is 5.69 Å². The molecular formula is C27H29F2N7O3S2. The number of aromatic nitrogens is 4. The maximum atomic E-state index is 13.6. The first kappa shape index (κ1) is 27.9. The number of nitrogens with one attached hydrogen (secondary N) is 1. The molecule has 1 aromatic carbocycles. The second kappa shape index (κ2) is 9.92. The quantitative estimate of drug-likeness (QED) is 0.385. The number of halogens is 2. The highest BCUT2D eigenvalue weighted by Crippen LogP contribution is 2.44. The Balaban J connectivity index is 1.54. The van der Waals surface area contributed by atoms with Crippen molar-refractivity contribution in [2.75, 3.05) is 0 Å². The summed E-state index contributed by atoms with van der Waals surface area (Å²) in [5, 5.41) is 12.2. The van der Waals surface area contributed by atoms with E-state index in [1.165, 1.54) is 6.07 Å². The van der Waals surface area contributed by atoms with Crippen molar-refractivity contribution < 1.29 is 22.0 Å². The summed E-state index contributed by atoms with van der Waals surface area (Å²) >= 11 is 0.709. The van der Waals surface area contributed by atoms with Gasteiger partial charge in [0, 0.05) is 30.0 Å². The first-order valence-corrected chi connectivity index (χ1v) is 15.8. The van der Waals surface area contributed by atoms with Gasteiger partial charge in [0.25, 0.3) is 12.1 Å². The third-order valence-electron chi connectivity index (χ3n) is 8.05. The zero-order valence-electron chi connectivity index (χ0n) is 22.8. The molecule has 2 atom stereocenters. The predicted octanol–water partition coefficient (Wildman–Crippen LogP) is 4.91. The van der Waals surface area contributed by atoms with Crippen molar-refractivity contribution >= 4 is 43.7 Å². The zero-order chi connectivity index (χ0) is 29.3. The van der Waals surface area contributed by atoms with Crippen LogP contribution < -0.4 is 4.72 Å². The number of fused-ring (bicyclic) bond motifs is 3. The summed E-state index contributed by atoms with van der Waals surface area (Å²) in [5.74, 6) is -0.0374. The monoisotopic (exact) mass is 601 g/mol. The van der Waals surface area contributed by atoms with Crippen LogP contribution >= 0.6 is 11.3 Å². The molecule has 1 saturated carbocycles. The van der Waals surface area contributed by atoms with E-state index in [1.807, 2.05) is 18.7 Å². The minimum atomic E-state index is -4.12. The number of amides is 1. The van der Waals surface area contributed by atoms with E-state index in [1.54, 1.807) is 17.8 Å². The van der Waals surface area contributed by atoms with E-state index in [0.29, 0.717) is 47.1 Å². The van der Waals surface area contributed by atoms with Gasteiger partial charge in [-0.25, -0.2) is 23.8 Å². The molecule has 2 unspecified atom stereocenters. The summed E-state index contributed by atoms with van der Waals surface area (Å²) in [5.41, 5.74) is 1.29. The lowest BCUT2D eigenvalue weighted by Gasteiger charge is -2.46. The van der Waals surface area contributed by atoms with E-state index in [0.717, 1.165) is 24.8 Å². The standard InChI is InChI=1S/C27H29F2N7O3S2/c1-14(2)26(37)36-16-6-5-7-17(36)11-15(10-16)19-12-18(41(38,39)34-27(30-3)8-9-27)13-20-21(33-35(4)22(19)20)24-31-32-25(40-24)23(28)29/h10,12-14,16-17,23,34H,5-9,11H2,1-2,4H3. The topological polar surface area (TPSA) is 114 Å². The lowest BCUT2D eigenvalue weighted by atomic mass is 9.81. The number of benzene rings is 1. The van der Waals surface area contributed by atoms with Crippen molar-refractivity contribution in [3.63, 3.8) is 0 Å². The van der Waals surface area contributed by atoms with Crippen LogP contribution in [0.25, 0.3) is 32.0 Å². The lowest BCUT2D eigenvalue weighted by molar-refractivity contribution is -0.140. The average Bonchev–Trinajstić information content (AvgIpc) is 3.35. The molecule has 2 aliphatic heterocycles. The van der Waals surface area contributed by atoms with Gasteiger partial charge >= 0.3 is 0 Å². The number of carbonyl (C=O) groups excluding carboxylic acids is 1. The Labute approximate surface area is 240 Å². The molecular weight excluding hydrogens is 572 g/mol. The van der Waals surface area contributed by atoms with Gasteiger partial charge in [0.05, 0.1) is 29.3 Å². The Hall–Kier alpha value is -3.28. The molecule has 216 valence electrons. The van der Waals surface area contributed by atoms with E-state index in [9.17, 15) is 22.0 Å². The summed E-state index contributed by atoms with van der Waals surface area (Å²) < 4.78 is 58.0. The van der Waals surface area contributed by atoms with Crippen LogP contribution in [0.2, 0.25) is 0 Å². The van der Waals surface area contributed by atoms with Gasteiger partial charge in [0.2, 0.25) is 15.9 Å². The van der Waals surface area contributed by atoms with Crippen LogP contribution in [0.1, 0.15) is 69.4 Å². The summed E-state index contributed by atoms with van der Waals surface area (Å²) in [4.78, 5) is 18.5. The van der Waals surface area contributed by atoms with E-state index in [2.05, 4.69) is 30.9 Å². The van der Waals surface area contributed by atoms with Crippen LogP contribution in [0.5, 0.6) is 0 Å². The molecule has 1 N–H and O–H groups in total. The Bertz CT molecular complexity index is 1730. The third-order valence-corrected chi connectivity index (χ3v) is 10.5. The number of hydrogen-bond acceptors (Lipinski definition) is 7. The highest BCUT2D eigenvalue weighted by atomic mass is 32.2. The zero-order valence-corrected chi connectivity index (χ0v) is 24.4. The van der Waals surface area contributed by atoms with Gasteiger partial charge < -0.3 is 4.90 Å². The summed E-state index contributed by atoms with van der Waals surface area (Å²) in [6, 6.07) is 2.94. The largest absolute Gasteiger partial charge is 0.333 e. The molecule has 0 radical (unpaired) electrons. The molecule has 3 aromatic rings. The number of alkyl halides is 2. The Morgan fingerprint density at radius 3 is 2.61 bits per heavy atom. The Kier molecular flexibility index (Phi) is 6.74. The number of rotatable bonds is 7. The Morgan fingerprint density at radius 1 is 1.24 bits per heavy atom. The van der Waals surface area contributed by atoms with Gasteiger partial charge in [-0.3, -0.25) is 14.3 Å². The molecule has 1 amide bonds. The van der Waals surface area contributed by atoms with Crippen molar-refractivity contribution in [3.05, 3.63) is 40.2 Å². The molecule has 0 spiro atoms.